The first kappa shape index (κ1) is 17.9. The monoisotopic (exact) mass is 420 g/mol. The van der Waals surface area contributed by atoms with Crippen LogP contribution in [0.2, 0.25) is 0 Å². The van der Waals surface area contributed by atoms with Crippen LogP contribution in [0.15, 0.2) is 54.2 Å². The highest BCUT2D eigenvalue weighted by atomic mass is 32.1. The van der Waals surface area contributed by atoms with E-state index in [4.69, 9.17) is 15.7 Å². The third-order valence-electron chi connectivity index (χ3n) is 4.66. The Labute approximate surface area is 174 Å². The fourth-order valence-electron chi connectivity index (χ4n) is 3.25. The highest BCUT2D eigenvalue weighted by Crippen LogP contribution is 2.39. The van der Waals surface area contributed by atoms with Gasteiger partial charge in [0, 0.05) is 17.5 Å². The number of hydrogen-bond donors (Lipinski definition) is 2. The van der Waals surface area contributed by atoms with Crippen molar-refractivity contribution in [3.05, 3.63) is 64.9 Å². The first-order chi connectivity index (χ1) is 14.1. The van der Waals surface area contributed by atoms with Gasteiger partial charge in [-0.1, -0.05) is 47.7 Å². The molecule has 0 aliphatic rings. The Morgan fingerprint density at radius 1 is 1.07 bits per heavy atom. The standard InChI is InChI=1S/C20H16N6OS2/c1-26-15(20-25-14-17(21)22-10-23-19(14)29-20)13(11-6-3-2-4-7-11)24-18(26)16(27)12-8-5-9-28-12/h2-10,16,27H,1H3,(H2,21,22,23). The molecule has 1 aromatic carbocycles. The van der Waals surface area contributed by atoms with Crippen molar-refractivity contribution in [3.8, 4) is 22.0 Å². The number of rotatable bonds is 4. The molecule has 0 fully saturated rings. The molecule has 0 spiro atoms. The summed E-state index contributed by atoms with van der Waals surface area (Å²) < 4.78 is 1.90. The second-order valence-corrected chi connectivity index (χ2v) is 8.40. The number of aromatic nitrogens is 5. The molecule has 5 aromatic rings. The minimum atomic E-state index is -0.824. The molecule has 0 bridgehead atoms. The number of imidazole rings is 1. The molecule has 0 amide bonds. The Morgan fingerprint density at radius 2 is 1.90 bits per heavy atom. The van der Waals surface area contributed by atoms with Crippen LogP contribution in [-0.4, -0.2) is 29.6 Å². The van der Waals surface area contributed by atoms with E-state index in [-0.39, 0.29) is 0 Å². The SMILES string of the molecule is Cn1c(C(O)c2cccs2)nc(-c2ccccc2)c1-c1nc2c(N)ncnc2s1. The fraction of sp³-hybridized carbons (Fsp3) is 0.100. The van der Waals surface area contributed by atoms with Gasteiger partial charge in [0.05, 0.1) is 5.69 Å². The van der Waals surface area contributed by atoms with E-state index < -0.39 is 6.10 Å². The Hall–Kier alpha value is -3.14. The molecule has 1 unspecified atom stereocenters. The molecule has 4 heterocycles. The molecule has 0 aliphatic heterocycles. The van der Waals surface area contributed by atoms with Gasteiger partial charge in [0.1, 0.15) is 39.3 Å². The molecule has 7 nitrogen and oxygen atoms in total. The van der Waals surface area contributed by atoms with Crippen molar-refractivity contribution in [2.24, 2.45) is 7.05 Å². The topological polar surface area (TPSA) is 103 Å². The van der Waals surface area contributed by atoms with Gasteiger partial charge in [-0.3, -0.25) is 0 Å². The number of nitrogens with zero attached hydrogens (tertiary/aromatic N) is 5. The lowest BCUT2D eigenvalue weighted by molar-refractivity contribution is 0.210. The van der Waals surface area contributed by atoms with Crippen LogP contribution in [0.25, 0.3) is 32.3 Å². The number of aliphatic hydroxyl groups is 1. The molecule has 144 valence electrons. The van der Waals surface area contributed by atoms with Crippen molar-refractivity contribution in [1.29, 1.82) is 0 Å². The van der Waals surface area contributed by atoms with Crippen molar-refractivity contribution in [1.82, 2.24) is 24.5 Å². The molecule has 0 radical (unpaired) electrons. The predicted octanol–water partition coefficient (Wildman–Crippen LogP) is 3.88. The lowest BCUT2D eigenvalue weighted by Gasteiger charge is -2.09. The summed E-state index contributed by atoms with van der Waals surface area (Å²) in [5.41, 5.74) is 9.07. The fourth-order valence-corrected chi connectivity index (χ4v) is 4.95. The van der Waals surface area contributed by atoms with Crippen molar-refractivity contribution in [2.75, 3.05) is 5.73 Å². The minimum absolute atomic E-state index is 0.347. The van der Waals surface area contributed by atoms with E-state index in [1.807, 2.05) is 59.5 Å². The molecule has 29 heavy (non-hydrogen) atoms. The number of thiophene rings is 1. The van der Waals surface area contributed by atoms with Gasteiger partial charge < -0.3 is 15.4 Å². The molecule has 4 aromatic heterocycles. The van der Waals surface area contributed by atoms with Crippen LogP contribution >= 0.6 is 22.7 Å². The summed E-state index contributed by atoms with van der Waals surface area (Å²) in [6, 6.07) is 13.7. The van der Waals surface area contributed by atoms with Gasteiger partial charge >= 0.3 is 0 Å². The van der Waals surface area contributed by atoms with E-state index in [9.17, 15) is 5.11 Å². The lowest BCUT2D eigenvalue weighted by Crippen LogP contribution is -2.06. The molecule has 0 saturated carbocycles. The number of benzene rings is 1. The summed E-state index contributed by atoms with van der Waals surface area (Å²) in [5, 5.41) is 13.6. The van der Waals surface area contributed by atoms with E-state index in [2.05, 4.69) is 9.97 Å². The zero-order chi connectivity index (χ0) is 20.0. The second kappa shape index (κ2) is 7.03. The minimum Gasteiger partial charge on any atom is -0.382 e. The molecule has 3 N–H and O–H groups in total. The van der Waals surface area contributed by atoms with Crippen LogP contribution in [0, 0.1) is 0 Å². The van der Waals surface area contributed by atoms with Gasteiger partial charge in [-0.15, -0.1) is 11.3 Å². The molecule has 0 aliphatic carbocycles. The largest absolute Gasteiger partial charge is 0.382 e. The molecular weight excluding hydrogens is 404 g/mol. The highest BCUT2D eigenvalue weighted by Gasteiger charge is 2.26. The lowest BCUT2D eigenvalue weighted by atomic mass is 10.1. The van der Waals surface area contributed by atoms with E-state index in [1.165, 1.54) is 29.0 Å². The number of aliphatic hydroxyl groups excluding tert-OH is 1. The molecule has 0 saturated heterocycles. The summed E-state index contributed by atoms with van der Waals surface area (Å²) in [4.78, 5) is 19.4. The van der Waals surface area contributed by atoms with Gasteiger partial charge in [0.25, 0.3) is 0 Å². The first-order valence-corrected chi connectivity index (χ1v) is 10.5. The van der Waals surface area contributed by atoms with E-state index >= 15 is 0 Å². The van der Waals surface area contributed by atoms with Crippen LogP contribution in [-0.2, 0) is 7.05 Å². The van der Waals surface area contributed by atoms with Crippen molar-refractivity contribution < 1.29 is 5.11 Å². The van der Waals surface area contributed by atoms with Gasteiger partial charge in [-0.25, -0.2) is 19.9 Å². The van der Waals surface area contributed by atoms with Crippen molar-refractivity contribution in [2.45, 2.75) is 6.10 Å². The number of anilines is 1. The summed E-state index contributed by atoms with van der Waals surface area (Å²) in [5.74, 6) is 0.902. The summed E-state index contributed by atoms with van der Waals surface area (Å²) in [6.45, 7) is 0. The predicted molar refractivity (Wildman–Crippen MR) is 116 cm³/mol. The van der Waals surface area contributed by atoms with Gasteiger partial charge in [-0.2, -0.15) is 0 Å². The third-order valence-corrected chi connectivity index (χ3v) is 6.56. The van der Waals surface area contributed by atoms with Crippen molar-refractivity contribution >= 4 is 38.8 Å². The maximum absolute atomic E-state index is 10.9. The van der Waals surface area contributed by atoms with Crippen LogP contribution < -0.4 is 5.73 Å². The van der Waals surface area contributed by atoms with Gasteiger partial charge in [-0.05, 0) is 11.4 Å². The second-order valence-electron chi connectivity index (χ2n) is 6.44. The zero-order valence-corrected chi connectivity index (χ0v) is 17.0. The quantitative estimate of drug-likeness (QED) is 0.457. The summed E-state index contributed by atoms with van der Waals surface area (Å²) >= 11 is 2.92. The highest BCUT2D eigenvalue weighted by molar-refractivity contribution is 7.21. The normalized spacial score (nSPS) is 12.5. The molecular formula is C20H16N6OS2. The molecule has 5 rings (SSSR count). The Balaban J connectivity index is 1.75. The average Bonchev–Trinajstić information content (AvgIpc) is 3.47. The Morgan fingerprint density at radius 3 is 2.62 bits per heavy atom. The number of nitrogen functional groups attached to an aromatic ring is 1. The molecule has 1 atom stereocenters. The maximum Gasteiger partial charge on any atom is 0.154 e. The van der Waals surface area contributed by atoms with E-state index in [1.54, 1.807) is 0 Å². The Bertz CT molecular complexity index is 1290. The number of fused-ring (bicyclic) bond motifs is 1. The smallest absolute Gasteiger partial charge is 0.154 e. The zero-order valence-electron chi connectivity index (χ0n) is 15.4. The number of thiazole rings is 1. The Kier molecular flexibility index (Phi) is 4.35. The maximum atomic E-state index is 10.9. The van der Waals surface area contributed by atoms with Gasteiger partial charge in [0.2, 0.25) is 0 Å². The summed E-state index contributed by atoms with van der Waals surface area (Å²) in [7, 11) is 1.89. The van der Waals surface area contributed by atoms with E-state index in [0.717, 1.165) is 26.8 Å². The number of nitrogens with two attached hydrogens (primary N) is 1. The third kappa shape index (κ3) is 3.00. The van der Waals surface area contributed by atoms with Crippen LogP contribution in [0.5, 0.6) is 0 Å². The van der Waals surface area contributed by atoms with E-state index in [0.29, 0.717) is 22.0 Å². The van der Waals surface area contributed by atoms with Crippen LogP contribution in [0.4, 0.5) is 5.82 Å². The van der Waals surface area contributed by atoms with Gasteiger partial charge in [0.15, 0.2) is 5.82 Å². The van der Waals surface area contributed by atoms with Crippen LogP contribution in [0.3, 0.4) is 0 Å². The summed E-state index contributed by atoms with van der Waals surface area (Å²) in [6.07, 6.45) is 0.614. The van der Waals surface area contributed by atoms with Crippen molar-refractivity contribution in [3.63, 3.8) is 0 Å². The number of hydrogen-bond acceptors (Lipinski definition) is 8. The first-order valence-electron chi connectivity index (χ1n) is 8.84. The average molecular weight is 421 g/mol. The van der Waals surface area contributed by atoms with Crippen LogP contribution in [0.1, 0.15) is 16.8 Å². The molecule has 9 heteroatoms.